The topological polar surface area (TPSA) is 88.3 Å². The second kappa shape index (κ2) is 8.88. The summed E-state index contributed by atoms with van der Waals surface area (Å²) in [6, 6.07) is 5.61. The minimum Gasteiger partial charge on any atom is -0.496 e. The zero-order valence-corrected chi connectivity index (χ0v) is 17.4. The SMILES string of the molecule is COc1ccc2[nH]c(=O)c3sccc3c2c1/C=C/CNCCS(C)(=O)=O.Cl. The largest absolute Gasteiger partial charge is 0.496 e. The van der Waals surface area contributed by atoms with Gasteiger partial charge in [0.15, 0.2) is 0 Å². The van der Waals surface area contributed by atoms with Crippen LogP contribution in [0.3, 0.4) is 0 Å². The zero-order chi connectivity index (χ0) is 18.7. The lowest BCUT2D eigenvalue weighted by molar-refractivity contribution is 0.414. The van der Waals surface area contributed by atoms with Gasteiger partial charge in [-0.3, -0.25) is 4.79 Å². The van der Waals surface area contributed by atoms with Crippen molar-refractivity contribution in [2.45, 2.75) is 0 Å². The molecule has 6 nitrogen and oxygen atoms in total. The van der Waals surface area contributed by atoms with Crippen LogP contribution < -0.4 is 15.6 Å². The molecule has 146 valence electrons. The summed E-state index contributed by atoms with van der Waals surface area (Å²) in [7, 11) is -1.35. The van der Waals surface area contributed by atoms with E-state index in [2.05, 4.69) is 10.3 Å². The molecule has 2 heterocycles. The Hall–Kier alpha value is -1.87. The molecule has 0 spiro atoms. The molecule has 3 aromatic rings. The number of aromatic amines is 1. The van der Waals surface area contributed by atoms with Crippen LogP contribution in [0.4, 0.5) is 0 Å². The molecule has 9 heteroatoms. The van der Waals surface area contributed by atoms with Gasteiger partial charge in [0.25, 0.3) is 5.56 Å². The van der Waals surface area contributed by atoms with Crippen molar-refractivity contribution >= 4 is 60.6 Å². The molecule has 0 bridgehead atoms. The van der Waals surface area contributed by atoms with Crippen LogP contribution >= 0.6 is 23.7 Å². The van der Waals surface area contributed by atoms with Crippen LogP contribution in [0, 0.1) is 0 Å². The average molecular weight is 429 g/mol. The van der Waals surface area contributed by atoms with Gasteiger partial charge in [-0.05, 0) is 23.6 Å². The van der Waals surface area contributed by atoms with E-state index in [9.17, 15) is 13.2 Å². The first kappa shape index (κ1) is 21.4. The van der Waals surface area contributed by atoms with Crippen molar-refractivity contribution in [3.63, 3.8) is 0 Å². The van der Waals surface area contributed by atoms with Gasteiger partial charge in [0.2, 0.25) is 0 Å². The Morgan fingerprint density at radius 3 is 2.78 bits per heavy atom. The standard InChI is InChI=1S/C18H20N2O4S2.ClH/c1-24-15-6-5-14-16(13-7-10-25-17(13)18(21)20-14)12(15)4-3-8-19-9-11-26(2,22)23;/h3-7,10,19H,8-9,11H2,1-2H3,(H,20,21);1H/b4-3+;. The van der Waals surface area contributed by atoms with E-state index in [-0.39, 0.29) is 23.7 Å². The van der Waals surface area contributed by atoms with Gasteiger partial charge < -0.3 is 15.0 Å². The smallest absolute Gasteiger partial charge is 0.266 e. The lowest BCUT2D eigenvalue weighted by Crippen LogP contribution is -2.22. The third kappa shape index (κ3) is 4.90. The number of nitrogens with one attached hydrogen (secondary N) is 2. The highest BCUT2D eigenvalue weighted by Crippen LogP contribution is 2.33. The molecule has 0 fully saturated rings. The van der Waals surface area contributed by atoms with Crippen LogP contribution in [0.1, 0.15) is 5.56 Å². The number of ether oxygens (including phenoxy) is 1. The molecule has 0 saturated carbocycles. The number of halogens is 1. The fourth-order valence-electron chi connectivity index (χ4n) is 2.82. The summed E-state index contributed by atoms with van der Waals surface area (Å²) in [6.07, 6.45) is 5.07. The number of hydrogen-bond donors (Lipinski definition) is 2. The van der Waals surface area contributed by atoms with Gasteiger partial charge in [-0.1, -0.05) is 12.2 Å². The number of thiophene rings is 1. The maximum Gasteiger partial charge on any atom is 0.266 e. The lowest BCUT2D eigenvalue weighted by Gasteiger charge is -2.10. The fourth-order valence-corrected chi connectivity index (χ4v) is 4.13. The first-order valence-electron chi connectivity index (χ1n) is 8.06. The van der Waals surface area contributed by atoms with Crippen molar-refractivity contribution in [3.05, 3.63) is 45.6 Å². The van der Waals surface area contributed by atoms with Gasteiger partial charge in [-0.2, -0.15) is 0 Å². The van der Waals surface area contributed by atoms with Gasteiger partial charge in [0, 0.05) is 41.2 Å². The van der Waals surface area contributed by atoms with Crippen molar-refractivity contribution in [3.8, 4) is 5.75 Å². The van der Waals surface area contributed by atoms with Gasteiger partial charge in [0.1, 0.15) is 20.3 Å². The number of rotatable bonds is 7. The molecule has 27 heavy (non-hydrogen) atoms. The molecule has 0 atom stereocenters. The maximum atomic E-state index is 12.2. The van der Waals surface area contributed by atoms with E-state index < -0.39 is 9.84 Å². The van der Waals surface area contributed by atoms with Crippen molar-refractivity contribution in [1.29, 1.82) is 0 Å². The Morgan fingerprint density at radius 2 is 2.07 bits per heavy atom. The van der Waals surface area contributed by atoms with Gasteiger partial charge in [-0.25, -0.2) is 8.42 Å². The van der Waals surface area contributed by atoms with Crippen molar-refractivity contribution < 1.29 is 13.2 Å². The van der Waals surface area contributed by atoms with Crippen molar-refractivity contribution in [2.75, 3.05) is 32.2 Å². The summed E-state index contributed by atoms with van der Waals surface area (Å²) in [5.41, 5.74) is 1.55. The number of methoxy groups -OCH3 is 1. The summed E-state index contributed by atoms with van der Waals surface area (Å²) < 4.78 is 28.5. The molecule has 1 aromatic carbocycles. The third-order valence-corrected chi connectivity index (χ3v) is 5.87. The van der Waals surface area contributed by atoms with Gasteiger partial charge in [-0.15, -0.1) is 23.7 Å². The highest BCUT2D eigenvalue weighted by Gasteiger charge is 2.12. The highest BCUT2D eigenvalue weighted by atomic mass is 35.5. The van der Waals surface area contributed by atoms with Gasteiger partial charge >= 0.3 is 0 Å². The summed E-state index contributed by atoms with van der Waals surface area (Å²) >= 11 is 1.41. The minimum absolute atomic E-state index is 0. The number of aromatic nitrogens is 1. The third-order valence-electron chi connectivity index (χ3n) is 4.01. The minimum atomic E-state index is -2.96. The lowest BCUT2D eigenvalue weighted by atomic mass is 10.0. The predicted octanol–water partition coefficient (Wildman–Crippen LogP) is 2.82. The van der Waals surface area contributed by atoms with E-state index in [1.165, 1.54) is 17.6 Å². The quantitative estimate of drug-likeness (QED) is 0.565. The molecule has 2 aromatic heterocycles. The van der Waals surface area contributed by atoms with Crippen LogP contribution in [-0.2, 0) is 9.84 Å². The maximum absolute atomic E-state index is 12.2. The van der Waals surface area contributed by atoms with Crippen LogP contribution in [0.2, 0.25) is 0 Å². The Morgan fingerprint density at radius 1 is 1.30 bits per heavy atom. The van der Waals surface area contributed by atoms with E-state index in [4.69, 9.17) is 4.74 Å². The molecule has 2 N–H and O–H groups in total. The first-order valence-corrected chi connectivity index (χ1v) is 11.0. The molecular weight excluding hydrogens is 408 g/mol. The number of benzene rings is 1. The number of fused-ring (bicyclic) bond motifs is 3. The number of hydrogen-bond acceptors (Lipinski definition) is 6. The van der Waals surface area contributed by atoms with Crippen LogP contribution in [0.5, 0.6) is 5.75 Å². The van der Waals surface area contributed by atoms with E-state index in [1.807, 2.05) is 35.7 Å². The van der Waals surface area contributed by atoms with Crippen LogP contribution in [0.15, 0.2) is 34.4 Å². The molecule has 0 saturated heterocycles. The van der Waals surface area contributed by atoms with Gasteiger partial charge in [0.05, 0.1) is 12.9 Å². The number of H-pyrrole nitrogens is 1. The summed E-state index contributed by atoms with van der Waals surface area (Å²) in [6.45, 7) is 0.934. The fraction of sp³-hybridized carbons (Fsp3) is 0.278. The van der Waals surface area contributed by atoms with Crippen LogP contribution in [0.25, 0.3) is 27.1 Å². The second-order valence-corrected chi connectivity index (χ2v) is 9.13. The molecular formula is C18H21ClN2O4S2. The van der Waals surface area contributed by atoms with Crippen molar-refractivity contribution in [1.82, 2.24) is 10.3 Å². The molecule has 0 amide bonds. The Kier molecular flexibility index (Phi) is 7.05. The zero-order valence-electron chi connectivity index (χ0n) is 14.9. The molecule has 0 aliphatic carbocycles. The van der Waals surface area contributed by atoms with E-state index in [1.54, 1.807) is 7.11 Å². The van der Waals surface area contributed by atoms with E-state index >= 15 is 0 Å². The summed E-state index contributed by atoms with van der Waals surface area (Å²) in [4.78, 5) is 15.1. The molecule has 3 rings (SSSR count). The molecule has 0 unspecified atom stereocenters. The van der Waals surface area contributed by atoms with Crippen LogP contribution in [-0.4, -0.2) is 45.6 Å². The first-order chi connectivity index (χ1) is 12.4. The second-order valence-electron chi connectivity index (χ2n) is 5.96. The van der Waals surface area contributed by atoms with E-state index in [0.29, 0.717) is 23.5 Å². The summed E-state index contributed by atoms with van der Waals surface area (Å²) in [5, 5.41) is 6.82. The summed E-state index contributed by atoms with van der Waals surface area (Å²) in [5.74, 6) is 0.819. The van der Waals surface area contributed by atoms with Crippen molar-refractivity contribution in [2.24, 2.45) is 0 Å². The Labute approximate surface area is 167 Å². The molecule has 0 aliphatic heterocycles. The molecule has 0 radical (unpaired) electrons. The normalized spacial score (nSPS) is 11.9. The average Bonchev–Trinajstić information content (AvgIpc) is 3.07. The number of sulfone groups is 1. The predicted molar refractivity (Wildman–Crippen MR) is 115 cm³/mol. The van der Waals surface area contributed by atoms with E-state index in [0.717, 1.165) is 21.9 Å². The molecule has 0 aliphatic rings. The Balaban J connectivity index is 0.00000261. The number of pyridine rings is 1. The monoisotopic (exact) mass is 428 g/mol. The Bertz CT molecular complexity index is 1130. The highest BCUT2D eigenvalue weighted by molar-refractivity contribution is 7.90.